The van der Waals surface area contributed by atoms with E-state index >= 15 is 0 Å². The summed E-state index contributed by atoms with van der Waals surface area (Å²) in [6, 6.07) is 21.1. The lowest BCUT2D eigenvalue weighted by Gasteiger charge is -2.08. The molecule has 0 aliphatic rings. The maximum Gasteiger partial charge on any atom is 0.200 e. The van der Waals surface area contributed by atoms with Crippen LogP contribution in [0, 0.1) is 11.6 Å². The molecule has 0 saturated carbocycles. The number of halogens is 2. The SMILES string of the molecule is NC(=NN=Cc1cccc(COc2cccc(F)c2F)c1)SCc1ccccc1. The monoisotopic (exact) mass is 411 g/mol. The van der Waals surface area contributed by atoms with E-state index in [1.165, 1.54) is 23.9 Å². The molecule has 0 radical (unpaired) electrons. The van der Waals surface area contributed by atoms with Gasteiger partial charge in [0.05, 0.1) is 6.21 Å². The van der Waals surface area contributed by atoms with Crippen LogP contribution in [0.1, 0.15) is 16.7 Å². The van der Waals surface area contributed by atoms with E-state index in [1.807, 2.05) is 54.6 Å². The van der Waals surface area contributed by atoms with Gasteiger partial charge in [-0.05, 0) is 34.9 Å². The highest BCUT2D eigenvalue weighted by Gasteiger charge is 2.08. The Balaban J connectivity index is 1.55. The molecule has 0 heterocycles. The van der Waals surface area contributed by atoms with Gasteiger partial charge in [0.2, 0.25) is 5.82 Å². The minimum atomic E-state index is -0.997. The third kappa shape index (κ3) is 6.43. The summed E-state index contributed by atoms with van der Waals surface area (Å²) < 4.78 is 32.2. The van der Waals surface area contributed by atoms with E-state index < -0.39 is 11.6 Å². The zero-order chi connectivity index (χ0) is 20.5. The maximum atomic E-state index is 13.6. The van der Waals surface area contributed by atoms with Gasteiger partial charge in [0.15, 0.2) is 16.7 Å². The van der Waals surface area contributed by atoms with Gasteiger partial charge < -0.3 is 10.5 Å². The highest BCUT2D eigenvalue weighted by atomic mass is 32.2. The van der Waals surface area contributed by atoms with Crippen LogP contribution in [-0.2, 0) is 12.4 Å². The van der Waals surface area contributed by atoms with Crippen LogP contribution in [-0.4, -0.2) is 11.4 Å². The second kappa shape index (κ2) is 10.4. The van der Waals surface area contributed by atoms with E-state index in [9.17, 15) is 8.78 Å². The van der Waals surface area contributed by atoms with Gasteiger partial charge in [-0.3, -0.25) is 0 Å². The predicted molar refractivity (Wildman–Crippen MR) is 114 cm³/mol. The van der Waals surface area contributed by atoms with Crippen LogP contribution in [0.4, 0.5) is 8.78 Å². The van der Waals surface area contributed by atoms with Crippen LogP contribution in [0.25, 0.3) is 0 Å². The molecule has 3 rings (SSSR count). The van der Waals surface area contributed by atoms with Crippen molar-refractivity contribution < 1.29 is 13.5 Å². The Hall–Kier alpha value is -3.19. The molecule has 0 unspecified atom stereocenters. The quantitative estimate of drug-likeness (QED) is 0.333. The minimum absolute atomic E-state index is 0.0976. The second-order valence-electron chi connectivity index (χ2n) is 6.04. The Kier molecular flexibility index (Phi) is 7.35. The van der Waals surface area contributed by atoms with E-state index in [1.54, 1.807) is 6.21 Å². The summed E-state index contributed by atoms with van der Waals surface area (Å²) in [7, 11) is 0. The molecular formula is C22H19F2N3OS. The summed E-state index contributed by atoms with van der Waals surface area (Å²) in [6.45, 7) is 0.0976. The number of amidine groups is 1. The zero-order valence-electron chi connectivity index (χ0n) is 15.5. The Morgan fingerprint density at radius 2 is 1.72 bits per heavy atom. The zero-order valence-corrected chi connectivity index (χ0v) is 16.3. The van der Waals surface area contributed by atoms with Crippen LogP contribution < -0.4 is 10.5 Å². The first-order valence-corrected chi connectivity index (χ1v) is 9.79. The van der Waals surface area contributed by atoms with Crippen molar-refractivity contribution in [3.05, 3.63) is 101 Å². The predicted octanol–water partition coefficient (Wildman–Crippen LogP) is 5.13. The van der Waals surface area contributed by atoms with Gasteiger partial charge in [0, 0.05) is 5.75 Å². The molecule has 148 valence electrons. The molecule has 0 spiro atoms. The lowest BCUT2D eigenvalue weighted by molar-refractivity contribution is 0.284. The normalized spacial score (nSPS) is 11.7. The number of hydrogen-bond acceptors (Lipinski definition) is 4. The van der Waals surface area contributed by atoms with Gasteiger partial charge in [-0.1, -0.05) is 66.4 Å². The van der Waals surface area contributed by atoms with Crippen molar-refractivity contribution in [2.75, 3.05) is 0 Å². The van der Waals surface area contributed by atoms with E-state index in [-0.39, 0.29) is 12.4 Å². The van der Waals surface area contributed by atoms with Gasteiger partial charge in [-0.25, -0.2) is 4.39 Å². The summed E-state index contributed by atoms with van der Waals surface area (Å²) in [5.41, 5.74) is 8.59. The lowest BCUT2D eigenvalue weighted by Crippen LogP contribution is -2.06. The summed E-state index contributed by atoms with van der Waals surface area (Å²) >= 11 is 1.40. The Morgan fingerprint density at radius 1 is 0.966 bits per heavy atom. The smallest absolute Gasteiger partial charge is 0.200 e. The fourth-order valence-corrected chi connectivity index (χ4v) is 3.04. The van der Waals surface area contributed by atoms with Crippen LogP contribution in [0.5, 0.6) is 5.75 Å². The molecule has 0 aliphatic carbocycles. The van der Waals surface area contributed by atoms with Crippen molar-refractivity contribution >= 4 is 23.1 Å². The van der Waals surface area contributed by atoms with Gasteiger partial charge in [-0.15, -0.1) is 5.10 Å². The Morgan fingerprint density at radius 3 is 2.55 bits per heavy atom. The number of nitrogens with two attached hydrogens (primary N) is 1. The van der Waals surface area contributed by atoms with Crippen molar-refractivity contribution in [1.82, 2.24) is 0 Å². The summed E-state index contributed by atoms with van der Waals surface area (Å²) in [5, 5.41) is 8.36. The van der Waals surface area contributed by atoms with Crippen LogP contribution >= 0.6 is 11.8 Å². The molecule has 0 saturated heterocycles. The molecule has 2 N–H and O–H groups in total. The number of nitrogens with zero attached hydrogens (tertiary/aromatic N) is 2. The van der Waals surface area contributed by atoms with Crippen molar-refractivity contribution in [2.24, 2.45) is 15.9 Å². The molecule has 4 nitrogen and oxygen atoms in total. The van der Waals surface area contributed by atoms with Gasteiger partial charge in [0.25, 0.3) is 0 Å². The number of hydrogen-bond donors (Lipinski definition) is 1. The molecule has 3 aromatic rings. The molecular weight excluding hydrogens is 392 g/mol. The standard InChI is InChI=1S/C22H19F2N3OS/c23-19-10-5-11-20(21(19)24)28-14-18-9-4-8-17(12-18)13-26-27-22(25)29-15-16-6-2-1-3-7-16/h1-13H,14-15H2,(H2,25,27). The summed E-state index contributed by atoms with van der Waals surface area (Å²) in [5.74, 6) is -1.35. The number of ether oxygens (including phenoxy) is 1. The minimum Gasteiger partial charge on any atom is -0.486 e. The fourth-order valence-electron chi connectivity index (χ4n) is 2.43. The number of benzene rings is 3. The first-order chi connectivity index (χ1) is 14.1. The molecule has 3 aromatic carbocycles. The van der Waals surface area contributed by atoms with E-state index in [0.717, 1.165) is 28.5 Å². The molecule has 0 bridgehead atoms. The molecule has 0 amide bonds. The number of thioether (sulfide) groups is 1. The lowest BCUT2D eigenvalue weighted by atomic mass is 10.1. The average Bonchev–Trinajstić information content (AvgIpc) is 2.74. The molecule has 7 heteroatoms. The van der Waals surface area contributed by atoms with Crippen LogP contribution in [0.3, 0.4) is 0 Å². The summed E-state index contributed by atoms with van der Waals surface area (Å²) in [4.78, 5) is 0. The second-order valence-corrected chi connectivity index (χ2v) is 7.04. The molecule has 29 heavy (non-hydrogen) atoms. The average molecular weight is 411 g/mol. The van der Waals surface area contributed by atoms with Gasteiger partial charge in [0.1, 0.15) is 6.61 Å². The third-order valence-corrected chi connectivity index (χ3v) is 4.71. The fraction of sp³-hybridized carbons (Fsp3) is 0.0909. The highest BCUT2D eigenvalue weighted by molar-refractivity contribution is 8.13. The molecule has 0 fully saturated rings. The van der Waals surface area contributed by atoms with Gasteiger partial charge in [-0.2, -0.15) is 9.49 Å². The molecule has 0 atom stereocenters. The highest BCUT2D eigenvalue weighted by Crippen LogP contribution is 2.20. The van der Waals surface area contributed by atoms with Crippen molar-refractivity contribution in [1.29, 1.82) is 0 Å². The first-order valence-electron chi connectivity index (χ1n) is 8.81. The largest absolute Gasteiger partial charge is 0.486 e. The van der Waals surface area contributed by atoms with E-state index in [0.29, 0.717) is 5.17 Å². The summed E-state index contributed by atoms with van der Waals surface area (Å²) in [6.07, 6.45) is 1.57. The van der Waals surface area contributed by atoms with Gasteiger partial charge >= 0.3 is 0 Å². The van der Waals surface area contributed by atoms with E-state index in [2.05, 4.69) is 10.2 Å². The van der Waals surface area contributed by atoms with Crippen molar-refractivity contribution in [3.8, 4) is 5.75 Å². The van der Waals surface area contributed by atoms with Crippen LogP contribution in [0.15, 0.2) is 83.0 Å². The van der Waals surface area contributed by atoms with E-state index in [4.69, 9.17) is 10.5 Å². The van der Waals surface area contributed by atoms with Crippen molar-refractivity contribution in [3.63, 3.8) is 0 Å². The maximum absolute atomic E-state index is 13.6. The topological polar surface area (TPSA) is 60.0 Å². The molecule has 0 aliphatic heterocycles. The Labute approximate surface area is 172 Å². The third-order valence-electron chi connectivity index (χ3n) is 3.85. The first kappa shape index (κ1) is 20.5. The van der Waals surface area contributed by atoms with Crippen molar-refractivity contribution in [2.45, 2.75) is 12.4 Å². The Bertz CT molecular complexity index is 1010. The van der Waals surface area contributed by atoms with Crippen LogP contribution in [0.2, 0.25) is 0 Å². The number of rotatable bonds is 7. The molecule has 0 aromatic heterocycles.